The standard InChI is InChI=1S/C24H30N2O/c1-5-25-16-22-21-15-20(27-4)10-11-23(21)26(24(22)14-18(25)3)13-12-19-8-6-17(2)7-9-19/h6-11,15,18H,5,12-14,16H2,1-4H3. The summed E-state index contributed by atoms with van der Waals surface area (Å²) in [6.45, 7) is 9.93. The zero-order valence-corrected chi connectivity index (χ0v) is 17.0. The van der Waals surface area contributed by atoms with E-state index in [0.717, 1.165) is 38.2 Å². The fraction of sp³-hybridized carbons (Fsp3) is 0.417. The number of aromatic nitrogens is 1. The molecule has 1 unspecified atom stereocenters. The summed E-state index contributed by atoms with van der Waals surface area (Å²) in [5.41, 5.74) is 7.08. The topological polar surface area (TPSA) is 17.4 Å². The van der Waals surface area contributed by atoms with Gasteiger partial charge in [-0.1, -0.05) is 36.8 Å². The summed E-state index contributed by atoms with van der Waals surface area (Å²) in [5.74, 6) is 0.947. The van der Waals surface area contributed by atoms with Crippen LogP contribution in [0.1, 0.15) is 36.2 Å². The molecule has 3 heteroatoms. The summed E-state index contributed by atoms with van der Waals surface area (Å²) >= 11 is 0. The monoisotopic (exact) mass is 362 g/mol. The Bertz CT molecular complexity index is 939. The average Bonchev–Trinajstić information content (AvgIpc) is 2.98. The Balaban J connectivity index is 1.75. The molecular weight excluding hydrogens is 332 g/mol. The van der Waals surface area contributed by atoms with Gasteiger partial charge < -0.3 is 9.30 Å². The van der Waals surface area contributed by atoms with Crippen molar-refractivity contribution in [2.75, 3.05) is 13.7 Å². The second-order valence-corrected chi connectivity index (χ2v) is 7.81. The number of aryl methyl sites for hydroxylation is 3. The van der Waals surface area contributed by atoms with E-state index >= 15 is 0 Å². The maximum atomic E-state index is 5.51. The number of fused-ring (bicyclic) bond motifs is 3. The van der Waals surface area contributed by atoms with Gasteiger partial charge in [0.05, 0.1) is 7.11 Å². The van der Waals surface area contributed by atoms with Crippen molar-refractivity contribution in [3.05, 3.63) is 64.8 Å². The maximum Gasteiger partial charge on any atom is 0.119 e. The van der Waals surface area contributed by atoms with Gasteiger partial charge in [0.1, 0.15) is 5.75 Å². The molecule has 3 aromatic rings. The van der Waals surface area contributed by atoms with Gasteiger partial charge in [0, 0.05) is 42.1 Å². The predicted octanol–water partition coefficient (Wildman–Crippen LogP) is 4.97. The Kier molecular flexibility index (Phi) is 4.96. The van der Waals surface area contributed by atoms with E-state index in [1.54, 1.807) is 7.11 Å². The highest BCUT2D eigenvalue weighted by Crippen LogP contribution is 2.35. The molecule has 0 N–H and O–H groups in total. The van der Waals surface area contributed by atoms with Gasteiger partial charge in [-0.3, -0.25) is 4.90 Å². The van der Waals surface area contributed by atoms with Gasteiger partial charge in [0.2, 0.25) is 0 Å². The van der Waals surface area contributed by atoms with Gasteiger partial charge >= 0.3 is 0 Å². The molecule has 0 saturated carbocycles. The Morgan fingerprint density at radius 3 is 2.59 bits per heavy atom. The molecule has 1 atom stereocenters. The molecule has 1 aromatic heterocycles. The highest BCUT2D eigenvalue weighted by molar-refractivity contribution is 5.87. The number of methoxy groups -OCH3 is 1. The summed E-state index contributed by atoms with van der Waals surface area (Å²) in [7, 11) is 1.75. The molecule has 0 spiro atoms. The number of likely N-dealkylation sites (N-methyl/N-ethyl adjacent to an activating group) is 1. The molecule has 27 heavy (non-hydrogen) atoms. The van der Waals surface area contributed by atoms with Crippen LogP contribution in [0.25, 0.3) is 10.9 Å². The van der Waals surface area contributed by atoms with Crippen molar-refractivity contribution in [3.63, 3.8) is 0 Å². The fourth-order valence-corrected chi connectivity index (χ4v) is 4.44. The van der Waals surface area contributed by atoms with E-state index in [4.69, 9.17) is 4.74 Å². The van der Waals surface area contributed by atoms with Crippen LogP contribution in [0.15, 0.2) is 42.5 Å². The molecule has 1 aliphatic heterocycles. The molecule has 0 saturated heterocycles. The van der Waals surface area contributed by atoms with Crippen LogP contribution in [0, 0.1) is 6.92 Å². The first-order valence-electron chi connectivity index (χ1n) is 10.1. The van der Waals surface area contributed by atoms with E-state index in [-0.39, 0.29) is 0 Å². The first-order valence-corrected chi connectivity index (χ1v) is 10.1. The second kappa shape index (κ2) is 7.40. The number of nitrogens with zero attached hydrogens (tertiary/aromatic N) is 2. The lowest BCUT2D eigenvalue weighted by atomic mass is 9.99. The van der Waals surface area contributed by atoms with Crippen LogP contribution in [0.4, 0.5) is 0 Å². The van der Waals surface area contributed by atoms with Crippen LogP contribution in [-0.4, -0.2) is 29.2 Å². The largest absolute Gasteiger partial charge is 0.497 e. The fourth-order valence-electron chi connectivity index (χ4n) is 4.44. The summed E-state index contributed by atoms with van der Waals surface area (Å²) in [5, 5.41) is 1.36. The number of benzene rings is 2. The molecule has 0 fully saturated rings. The van der Waals surface area contributed by atoms with Crippen LogP contribution >= 0.6 is 0 Å². The summed E-state index contributed by atoms with van der Waals surface area (Å²) in [4.78, 5) is 2.57. The molecular formula is C24H30N2O. The number of hydrogen-bond donors (Lipinski definition) is 0. The zero-order chi connectivity index (χ0) is 19.0. The van der Waals surface area contributed by atoms with Gasteiger partial charge in [-0.15, -0.1) is 0 Å². The second-order valence-electron chi connectivity index (χ2n) is 7.81. The molecule has 0 bridgehead atoms. The molecule has 0 radical (unpaired) electrons. The van der Waals surface area contributed by atoms with E-state index in [9.17, 15) is 0 Å². The Morgan fingerprint density at radius 1 is 1.11 bits per heavy atom. The first kappa shape index (κ1) is 18.1. The van der Waals surface area contributed by atoms with E-state index in [1.165, 1.54) is 33.3 Å². The van der Waals surface area contributed by atoms with E-state index in [1.807, 2.05) is 0 Å². The summed E-state index contributed by atoms with van der Waals surface area (Å²) < 4.78 is 8.08. The molecule has 142 valence electrons. The van der Waals surface area contributed by atoms with Crippen molar-refractivity contribution >= 4 is 10.9 Å². The quantitative estimate of drug-likeness (QED) is 0.638. The Morgan fingerprint density at radius 2 is 1.89 bits per heavy atom. The summed E-state index contributed by atoms with van der Waals surface area (Å²) in [6, 6.07) is 16.1. The van der Waals surface area contributed by atoms with Crippen molar-refractivity contribution in [1.82, 2.24) is 9.47 Å². The van der Waals surface area contributed by atoms with Crippen LogP contribution in [0.2, 0.25) is 0 Å². The van der Waals surface area contributed by atoms with Gasteiger partial charge in [-0.25, -0.2) is 0 Å². The van der Waals surface area contributed by atoms with Gasteiger partial charge in [-0.2, -0.15) is 0 Å². The predicted molar refractivity (Wildman–Crippen MR) is 113 cm³/mol. The molecule has 0 amide bonds. The van der Waals surface area contributed by atoms with Crippen molar-refractivity contribution in [2.24, 2.45) is 0 Å². The molecule has 3 nitrogen and oxygen atoms in total. The molecule has 2 heterocycles. The van der Waals surface area contributed by atoms with Gasteiger partial charge in [-0.05, 0) is 56.1 Å². The minimum atomic E-state index is 0.590. The smallest absolute Gasteiger partial charge is 0.119 e. The van der Waals surface area contributed by atoms with Crippen LogP contribution in [-0.2, 0) is 25.9 Å². The SMILES string of the molecule is CCN1Cc2c(n(CCc3ccc(C)cc3)c3ccc(OC)cc23)CC1C. The highest BCUT2D eigenvalue weighted by Gasteiger charge is 2.27. The van der Waals surface area contributed by atoms with Crippen molar-refractivity contribution in [2.45, 2.75) is 52.7 Å². The third kappa shape index (κ3) is 3.37. The maximum absolute atomic E-state index is 5.51. The molecule has 0 aliphatic carbocycles. The van der Waals surface area contributed by atoms with E-state index in [2.05, 4.69) is 72.7 Å². The Labute approximate surface area is 162 Å². The van der Waals surface area contributed by atoms with E-state index in [0.29, 0.717) is 6.04 Å². The molecule has 2 aromatic carbocycles. The number of ether oxygens (including phenoxy) is 1. The minimum Gasteiger partial charge on any atom is -0.497 e. The van der Waals surface area contributed by atoms with Gasteiger partial charge in [0.15, 0.2) is 0 Å². The van der Waals surface area contributed by atoms with Crippen LogP contribution < -0.4 is 4.74 Å². The first-order chi connectivity index (χ1) is 13.1. The highest BCUT2D eigenvalue weighted by atomic mass is 16.5. The van der Waals surface area contributed by atoms with Crippen molar-refractivity contribution < 1.29 is 4.74 Å². The number of rotatable bonds is 5. The van der Waals surface area contributed by atoms with Crippen molar-refractivity contribution in [3.8, 4) is 5.75 Å². The normalized spacial score (nSPS) is 17.3. The molecule has 4 rings (SSSR count). The van der Waals surface area contributed by atoms with Crippen molar-refractivity contribution in [1.29, 1.82) is 0 Å². The lowest BCUT2D eigenvalue weighted by Crippen LogP contribution is -2.38. The number of hydrogen-bond acceptors (Lipinski definition) is 2. The third-order valence-electron chi connectivity index (χ3n) is 6.12. The summed E-state index contributed by atoms with van der Waals surface area (Å²) in [6.07, 6.45) is 2.18. The van der Waals surface area contributed by atoms with Gasteiger partial charge in [0.25, 0.3) is 0 Å². The van der Waals surface area contributed by atoms with E-state index < -0.39 is 0 Å². The van der Waals surface area contributed by atoms with Crippen LogP contribution in [0.5, 0.6) is 5.75 Å². The average molecular weight is 363 g/mol. The van der Waals surface area contributed by atoms with Crippen LogP contribution in [0.3, 0.4) is 0 Å². The lowest BCUT2D eigenvalue weighted by molar-refractivity contribution is 0.192. The molecule has 1 aliphatic rings. The Hall–Kier alpha value is -2.26. The minimum absolute atomic E-state index is 0.590. The zero-order valence-electron chi connectivity index (χ0n) is 17.0. The third-order valence-corrected chi connectivity index (χ3v) is 6.12. The lowest BCUT2D eigenvalue weighted by Gasteiger charge is -2.33.